The molecule has 1 unspecified atom stereocenters. The van der Waals surface area contributed by atoms with Crippen LogP contribution < -0.4 is 5.32 Å². The molecule has 17 heavy (non-hydrogen) atoms. The number of aliphatic hydroxyl groups excluding tert-OH is 1. The molecule has 0 bridgehead atoms. The molecule has 0 radical (unpaired) electrons. The molecule has 0 saturated heterocycles. The number of nitrogens with one attached hydrogen (secondary N) is 1. The molecule has 0 aromatic carbocycles. The van der Waals surface area contributed by atoms with E-state index in [-0.39, 0.29) is 29.3 Å². The number of rotatable bonds is 5. The van der Waals surface area contributed by atoms with Crippen molar-refractivity contribution in [3.63, 3.8) is 0 Å². The van der Waals surface area contributed by atoms with Crippen molar-refractivity contribution in [2.24, 2.45) is 5.92 Å². The van der Waals surface area contributed by atoms with Crippen LogP contribution in [0.15, 0.2) is 12.3 Å². The molecule has 1 atom stereocenters. The number of hydrogen-bond donors (Lipinski definition) is 2. The molecule has 1 aromatic heterocycles. The Morgan fingerprint density at radius 3 is 2.71 bits per heavy atom. The first kappa shape index (κ1) is 13.7. The minimum atomic E-state index is -0.561. The molecular formula is C10H14ClN3O3. The van der Waals surface area contributed by atoms with Crippen molar-refractivity contribution in [1.82, 2.24) is 4.98 Å². The van der Waals surface area contributed by atoms with E-state index in [0.29, 0.717) is 5.82 Å². The Labute approximate surface area is 104 Å². The van der Waals surface area contributed by atoms with E-state index in [1.54, 1.807) is 0 Å². The highest BCUT2D eigenvalue weighted by Crippen LogP contribution is 2.25. The van der Waals surface area contributed by atoms with Crippen molar-refractivity contribution in [3.8, 4) is 0 Å². The zero-order valence-corrected chi connectivity index (χ0v) is 10.3. The normalized spacial score (nSPS) is 12.5. The molecule has 0 aliphatic rings. The van der Waals surface area contributed by atoms with Gasteiger partial charge in [0.1, 0.15) is 12.0 Å². The lowest BCUT2D eigenvalue weighted by atomic mass is 10.1. The highest BCUT2D eigenvalue weighted by molar-refractivity contribution is 6.33. The Balaban J connectivity index is 2.89. The predicted octanol–water partition coefficient (Wildman–Crippen LogP) is 2.07. The van der Waals surface area contributed by atoms with Crippen molar-refractivity contribution in [3.05, 3.63) is 27.4 Å². The molecule has 0 amide bonds. The lowest BCUT2D eigenvalue weighted by molar-refractivity contribution is -0.385. The third-order valence-corrected chi connectivity index (χ3v) is 2.65. The van der Waals surface area contributed by atoms with Crippen LogP contribution in [0.4, 0.5) is 11.5 Å². The largest absolute Gasteiger partial charge is 0.394 e. The first-order valence-electron chi connectivity index (χ1n) is 5.13. The van der Waals surface area contributed by atoms with Crippen LogP contribution in [0.1, 0.15) is 13.8 Å². The van der Waals surface area contributed by atoms with Crippen LogP contribution >= 0.6 is 11.6 Å². The SMILES string of the molecule is CC(C)C(CO)Nc1ncc([N+](=O)[O-])cc1Cl. The lowest BCUT2D eigenvalue weighted by Gasteiger charge is -2.20. The van der Waals surface area contributed by atoms with Gasteiger partial charge in [-0.3, -0.25) is 10.1 Å². The average molecular weight is 260 g/mol. The van der Waals surface area contributed by atoms with Gasteiger partial charge >= 0.3 is 0 Å². The van der Waals surface area contributed by atoms with Crippen molar-refractivity contribution >= 4 is 23.1 Å². The summed E-state index contributed by atoms with van der Waals surface area (Å²) in [6.07, 6.45) is 1.13. The molecular weight excluding hydrogens is 246 g/mol. The third-order valence-electron chi connectivity index (χ3n) is 2.36. The van der Waals surface area contributed by atoms with Gasteiger partial charge in [0.05, 0.1) is 22.6 Å². The Bertz CT molecular complexity index is 412. The quantitative estimate of drug-likeness (QED) is 0.624. The van der Waals surface area contributed by atoms with Gasteiger partial charge in [0, 0.05) is 6.07 Å². The van der Waals surface area contributed by atoms with Crippen molar-refractivity contribution in [2.75, 3.05) is 11.9 Å². The van der Waals surface area contributed by atoms with Gasteiger partial charge in [-0.15, -0.1) is 0 Å². The number of halogens is 1. The number of anilines is 1. The van der Waals surface area contributed by atoms with Crippen molar-refractivity contribution in [2.45, 2.75) is 19.9 Å². The lowest BCUT2D eigenvalue weighted by Crippen LogP contribution is -2.29. The van der Waals surface area contributed by atoms with Gasteiger partial charge in [-0.2, -0.15) is 0 Å². The fourth-order valence-corrected chi connectivity index (χ4v) is 1.45. The molecule has 1 rings (SSSR count). The second-order valence-electron chi connectivity index (χ2n) is 3.96. The fourth-order valence-electron chi connectivity index (χ4n) is 1.23. The van der Waals surface area contributed by atoms with E-state index in [9.17, 15) is 10.1 Å². The van der Waals surface area contributed by atoms with Gasteiger partial charge in [-0.25, -0.2) is 4.98 Å². The highest BCUT2D eigenvalue weighted by atomic mass is 35.5. The molecule has 0 spiro atoms. The molecule has 6 nitrogen and oxygen atoms in total. The number of aliphatic hydroxyl groups is 1. The van der Waals surface area contributed by atoms with E-state index >= 15 is 0 Å². The summed E-state index contributed by atoms with van der Waals surface area (Å²) in [5, 5.41) is 22.8. The summed E-state index contributed by atoms with van der Waals surface area (Å²) in [5.74, 6) is 0.526. The summed E-state index contributed by atoms with van der Waals surface area (Å²) < 4.78 is 0. The van der Waals surface area contributed by atoms with E-state index < -0.39 is 4.92 Å². The monoisotopic (exact) mass is 259 g/mol. The summed E-state index contributed by atoms with van der Waals surface area (Å²) in [4.78, 5) is 13.8. The minimum absolute atomic E-state index is 0.0628. The van der Waals surface area contributed by atoms with Crippen LogP contribution in [0.25, 0.3) is 0 Å². The molecule has 0 saturated carbocycles. The Morgan fingerprint density at radius 1 is 1.65 bits per heavy atom. The minimum Gasteiger partial charge on any atom is -0.394 e. The average Bonchev–Trinajstić information content (AvgIpc) is 2.26. The van der Waals surface area contributed by atoms with E-state index in [1.807, 2.05) is 13.8 Å². The topological polar surface area (TPSA) is 88.3 Å². The number of pyridine rings is 1. The molecule has 0 aliphatic carbocycles. The van der Waals surface area contributed by atoms with Crippen LogP contribution in [-0.4, -0.2) is 27.7 Å². The Kier molecular flexibility index (Phi) is 4.65. The maximum atomic E-state index is 10.5. The summed E-state index contributed by atoms with van der Waals surface area (Å²) in [7, 11) is 0. The molecule has 2 N–H and O–H groups in total. The molecule has 0 aliphatic heterocycles. The predicted molar refractivity (Wildman–Crippen MR) is 65.2 cm³/mol. The first-order valence-corrected chi connectivity index (χ1v) is 5.50. The molecule has 1 heterocycles. The Hall–Kier alpha value is -1.40. The van der Waals surface area contributed by atoms with Crippen molar-refractivity contribution in [1.29, 1.82) is 0 Å². The second-order valence-corrected chi connectivity index (χ2v) is 4.37. The van der Waals surface area contributed by atoms with E-state index in [1.165, 1.54) is 6.07 Å². The van der Waals surface area contributed by atoms with Gasteiger partial charge in [0.25, 0.3) is 5.69 Å². The summed E-state index contributed by atoms with van der Waals surface area (Å²) in [6.45, 7) is 3.81. The summed E-state index contributed by atoms with van der Waals surface area (Å²) in [6, 6.07) is 1.03. The van der Waals surface area contributed by atoms with Gasteiger partial charge in [0.2, 0.25) is 0 Å². The summed E-state index contributed by atoms with van der Waals surface area (Å²) in [5.41, 5.74) is -0.161. The van der Waals surface area contributed by atoms with Crippen LogP contribution in [0.2, 0.25) is 5.02 Å². The number of aromatic nitrogens is 1. The van der Waals surface area contributed by atoms with Gasteiger partial charge in [-0.05, 0) is 5.92 Å². The van der Waals surface area contributed by atoms with Gasteiger partial charge in [-0.1, -0.05) is 25.4 Å². The highest BCUT2D eigenvalue weighted by Gasteiger charge is 2.16. The summed E-state index contributed by atoms with van der Waals surface area (Å²) >= 11 is 5.87. The van der Waals surface area contributed by atoms with E-state index in [2.05, 4.69) is 10.3 Å². The van der Waals surface area contributed by atoms with Crippen LogP contribution in [-0.2, 0) is 0 Å². The van der Waals surface area contributed by atoms with Crippen LogP contribution in [0.3, 0.4) is 0 Å². The van der Waals surface area contributed by atoms with Gasteiger partial charge in [0.15, 0.2) is 0 Å². The van der Waals surface area contributed by atoms with Crippen LogP contribution in [0.5, 0.6) is 0 Å². The zero-order chi connectivity index (χ0) is 13.0. The fraction of sp³-hybridized carbons (Fsp3) is 0.500. The molecule has 0 fully saturated rings. The van der Waals surface area contributed by atoms with Crippen LogP contribution in [0, 0.1) is 16.0 Å². The number of hydrogen-bond acceptors (Lipinski definition) is 5. The zero-order valence-electron chi connectivity index (χ0n) is 9.55. The number of nitrogens with zero attached hydrogens (tertiary/aromatic N) is 2. The standard InChI is InChI=1S/C10H14ClN3O3/c1-6(2)9(5-15)13-10-8(11)3-7(4-12-10)14(16)17/h3-4,6,9,15H,5H2,1-2H3,(H,12,13). The first-order chi connectivity index (χ1) is 7.95. The van der Waals surface area contributed by atoms with E-state index in [4.69, 9.17) is 16.7 Å². The number of nitro groups is 1. The molecule has 7 heteroatoms. The molecule has 94 valence electrons. The third kappa shape index (κ3) is 3.54. The van der Waals surface area contributed by atoms with Gasteiger partial charge < -0.3 is 10.4 Å². The molecule has 1 aromatic rings. The smallest absolute Gasteiger partial charge is 0.289 e. The van der Waals surface area contributed by atoms with Crippen molar-refractivity contribution < 1.29 is 10.0 Å². The Morgan fingerprint density at radius 2 is 2.29 bits per heavy atom. The van der Waals surface area contributed by atoms with E-state index in [0.717, 1.165) is 6.20 Å². The maximum Gasteiger partial charge on any atom is 0.289 e. The maximum absolute atomic E-state index is 10.5. The second kappa shape index (κ2) is 5.79.